The van der Waals surface area contributed by atoms with Crippen LogP contribution >= 0.6 is 0 Å². The monoisotopic (exact) mass is 600 g/mol. The summed E-state index contributed by atoms with van der Waals surface area (Å²) >= 11 is 0. The Labute approximate surface area is 274 Å². The number of benzene rings is 6. The minimum absolute atomic E-state index is 1.27. The van der Waals surface area contributed by atoms with Crippen molar-refractivity contribution >= 4 is 129 Å². The van der Waals surface area contributed by atoms with Gasteiger partial charge in [0.15, 0.2) is 0 Å². The van der Waals surface area contributed by atoms with Crippen molar-refractivity contribution in [1.29, 1.82) is 0 Å². The SMILES string of the molecule is c1ccc2c(c1)c1ccccc1c1c3ccc3c3ccc3c1c1c3ccc3c3ccc3c1c1c3ccc3c3ccc3c1c1ccccc21. The lowest BCUT2D eigenvalue weighted by Crippen LogP contribution is -1.94. The van der Waals surface area contributed by atoms with Crippen molar-refractivity contribution in [3.8, 4) is 0 Å². The van der Waals surface area contributed by atoms with Crippen LogP contribution in [0.3, 0.4) is 0 Å². The molecule has 0 heterocycles. The number of hydrogen-bond acceptors (Lipinski definition) is 0. The molecule has 0 heteroatoms. The maximum absolute atomic E-state index is 2.37. The third-order valence-corrected chi connectivity index (χ3v) is 11.9. The van der Waals surface area contributed by atoms with Gasteiger partial charge >= 0.3 is 0 Å². The summed E-state index contributed by atoms with van der Waals surface area (Å²) in [6, 6.07) is 55.5. The molecule has 0 spiro atoms. The highest BCUT2D eigenvalue weighted by atomic mass is 14.3. The molecule has 0 N–H and O–H groups in total. The fourth-order valence-electron chi connectivity index (χ4n) is 9.45. The molecular formula is C48H24. The van der Waals surface area contributed by atoms with Gasteiger partial charge < -0.3 is 0 Å². The van der Waals surface area contributed by atoms with Gasteiger partial charge in [-0.1, -0.05) is 146 Å². The van der Waals surface area contributed by atoms with Crippen molar-refractivity contribution in [2.75, 3.05) is 0 Å². The summed E-state index contributed by atoms with van der Waals surface area (Å²) in [6.07, 6.45) is 0. The van der Waals surface area contributed by atoms with Crippen LogP contribution in [0, 0.1) is 0 Å². The van der Waals surface area contributed by atoms with Gasteiger partial charge in [-0.05, 0) is 129 Å². The van der Waals surface area contributed by atoms with Crippen LogP contribution in [-0.2, 0) is 0 Å². The average Bonchev–Trinajstić information content (AvgIpc) is 3.04. The van der Waals surface area contributed by atoms with E-state index in [1.54, 1.807) is 0 Å². The van der Waals surface area contributed by atoms with Crippen molar-refractivity contribution < 1.29 is 0 Å². The second-order valence-corrected chi connectivity index (χ2v) is 13.9. The first-order valence-electron chi connectivity index (χ1n) is 16.9. The summed E-state index contributed by atoms with van der Waals surface area (Å²) in [7, 11) is 0. The van der Waals surface area contributed by atoms with Gasteiger partial charge in [-0.25, -0.2) is 0 Å². The largest absolute Gasteiger partial charge is 0.0616 e. The van der Waals surface area contributed by atoms with Crippen LogP contribution in [0.4, 0.5) is 0 Å². The van der Waals surface area contributed by atoms with E-state index in [2.05, 4.69) is 146 Å². The molecule has 0 nitrogen and oxygen atoms in total. The average molecular weight is 601 g/mol. The standard InChI is InChI=1S/C48H24/c1-2-8-26-25(7-1)27-9-3-5-11-35(27)43-37-19-13-29(37)31-15-21-39(31)45(43)47-41-23-17-33(41)34-18-24-42(34)48(47)46-40-22-16-32(40)30-14-20-38(30)44(46)36-12-6-4-10-28(26)36/h1-24H. The van der Waals surface area contributed by atoms with E-state index < -0.39 is 0 Å². The van der Waals surface area contributed by atoms with Crippen LogP contribution in [0.1, 0.15) is 0 Å². The summed E-state index contributed by atoms with van der Waals surface area (Å²) in [5.41, 5.74) is 0. The quantitative estimate of drug-likeness (QED) is 0.162. The van der Waals surface area contributed by atoms with Crippen molar-refractivity contribution in [2.45, 2.75) is 0 Å². The van der Waals surface area contributed by atoms with Gasteiger partial charge in [0.2, 0.25) is 0 Å². The smallest absolute Gasteiger partial charge is 0.000718 e. The molecule has 0 aromatic heterocycles. The van der Waals surface area contributed by atoms with E-state index in [9.17, 15) is 0 Å². The molecule has 0 aliphatic rings. The molecular weight excluding hydrogens is 577 g/mol. The van der Waals surface area contributed by atoms with Gasteiger partial charge in [-0.2, -0.15) is 0 Å². The molecule has 13 rings (SSSR count). The fraction of sp³-hybridized carbons (Fsp3) is 0. The van der Waals surface area contributed by atoms with Crippen LogP contribution in [-0.4, -0.2) is 0 Å². The number of hydrogen-bond donors (Lipinski definition) is 0. The predicted octanol–water partition coefficient (Wildman–Crippen LogP) is 13.8. The Bertz CT molecular complexity index is 3310. The van der Waals surface area contributed by atoms with E-state index in [1.165, 1.54) is 129 Å². The molecule has 0 aliphatic heterocycles. The molecule has 216 valence electrons. The zero-order valence-corrected chi connectivity index (χ0v) is 25.9. The second kappa shape index (κ2) is 8.00. The molecule has 0 fully saturated rings. The number of fused-ring (bicyclic) bond motifs is 27. The lowest BCUT2D eigenvalue weighted by molar-refractivity contribution is 1.79. The zero-order valence-electron chi connectivity index (χ0n) is 25.9. The Morgan fingerprint density at radius 2 is 0.271 bits per heavy atom. The third-order valence-electron chi connectivity index (χ3n) is 11.9. The van der Waals surface area contributed by atoms with Crippen molar-refractivity contribution in [3.63, 3.8) is 0 Å². The molecule has 0 aliphatic carbocycles. The summed E-state index contributed by atoms with van der Waals surface area (Å²) in [6.45, 7) is 0. The van der Waals surface area contributed by atoms with Crippen LogP contribution < -0.4 is 0 Å². The van der Waals surface area contributed by atoms with E-state index in [4.69, 9.17) is 0 Å². The maximum Gasteiger partial charge on any atom is -0.000718 e. The molecule has 48 heavy (non-hydrogen) atoms. The summed E-state index contributed by atoms with van der Waals surface area (Å²) in [4.78, 5) is 0. The molecule has 0 bridgehead atoms. The fourth-order valence-corrected chi connectivity index (χ4v) is 9.45. The normalized spacial score (nSPS) is 13.0. The van der Waals surface area contributed by atoms with Crippen LogP contribution in [0.5, 0.6) is 0 Å². The predicted molar refractivity (Wildman–Crippen MR) is 210 cm³/mol. The van der Waals surface area contributed by atoms with Crippen LogP contribution in [0.2, 0.25) is 0 Å². The van der Waals surface area contributed by atoms with E-state index >= 15 is 0 Å². The van der Waals surface area contributed by atoms with E-state index in [0.717, 1.165) is 0 Å². The van der Waals surface area contributed by atoms with Crippen molar-refractivity contribution in [3.05, 3.63) is 146 Å². The van der Waals surface area contributed by atoms with Gasteiger partial charge in [0, 0.05) is 0 Å². The van der Waals surface area contributed by atoms with Gasteiger partial charge in [-0.3, -0.25) is 0 Å². The Balaban J connectivity index is 1.55. The molecule has 13 aromatic rings. The molecule has 0 amide bonds. The third kappa shape index (κ3) is 2.56. The van der Waals surface area contributed by atoms with Crippen LogP contribution in [0.25, 0.3) is 129 Å². The Morgan fingerprint density at radius 3 is 0.521 bits per heavy atom. The highest BCUT2D eigenvalue weighted by molar-refractivity contribution is 6.49. The van der Waals surface area contributed by atoms with E-state index in [-0.39, 0.29) is 0 Å². The van der Waals surface area contributed by atoms with Gasteiger partial charge in [0.05, 0.1) is 0 Å². The Hall–Kier alpha value is -6.24. The highest BCUT2D eigenvalue weighted by Crippen LogP contribution is 2.52. The van der Waals surface area contributed by atoms with Gasteiger partial charge in [0.25, 0.3) is 0 Å². The summed E-state index contributed by atoms with van der Waals surface area (Å²) in [5, 5.41) is 32.5. The first-order valence-corrected chi connectivity index (χ1v) is 16.9. The lowest BCUT2D eigenvalue weighted by Gasteiger charge is -2.22. The van der Waals surface area contributed by atoms with Crippen molar-refractivity contribution in [2.24, 2.45) is 0 Å². The molecule has 0 saturated heterocycles. The topological polar surface area (TPSA) is 0 Å². The first kappa shape index (κ1) is 24.0. The minimum Gasteiger partial charge on any atom is -0.0616 e. The van der Waals surface area contributed by atoms with E-state index in [1.807, 2.05) is 0 Å². The molecule has 0 unspecified atom stereocenters. The maximum atomic E-state index is 2.37. The summed E-state index contributed by atoms with van der Waals surface area (Å²) in [5.74, 6) is 0. The Kier molecular flexibility index (Phi) is 4.00. The molecule has 0 saturated carbocycles. The Morgan fingerprint density at radius 1 is 0.125 bits per heavy atom. The first-order chi connectivity index (χ1) is 23.8. The lowest BCUT2D eigenvalue weighted by atomic mass is 9.80. The molecule has 13 aromatic carbocycles. The molecule has 0 radical (unpaired) electrons. The second-order valence-electron chi connectivity index (χ2n) is 13.9. The van der Waals surface area contributed by atoms with Crippen LogP contribution in [0.15, 0.2) is 146 Å². The van der Waals surface area contributed by atoms with E-state index in [0.29, 0.717) is 0 Å². The van der Waals surface area contributed by atoms with Crippen molar-refractivity contribution in [1.82, 2.24) is 0 Å². The van der Waals surface area contributed by atoms with Gasteiger partial charge in [0.1, 0.15) is 0 Å². The summed E-state index contributed by atoms with van der Waals surface area (Å²) < 4.78 is 0. The number of rotatable bonds is 0. The highest BCUT2D eigenvalue weighted by Gasteiger charge is 2.23. The van der Waals surface area contributed by atoms with Gasteiger partial charge in [-0.15, -0.1) is 0 Å². The minimum atomic E-state index is 1.27. The zero-order chi connectivity index (χ0) is 30.8. The molecule has 0 atom stereocenters.